The number of aryl methyl sites for hydroxylation is 1. The molecule has 5 heteroatoms. The maximum atomic E-state index is 11.8. The molecule has 122 valence electrons. The highest BCUT2D eigenvalue weighted by Crippen LogP contribution is 2.10. The maximum absolute atomic E-state index is 11.8. The first kappa shape index (κ1) is 18.0. The second-order valence-corrected chi connectivity index (χ2v) is 6.26. The van der Waals surface area contributed by atoms with E-state index in [0.29, 0.717) is 6.42 Å². The first-order valence-electron chi connectivity index (χ1n) is 7.56. The third-order valence-corrected chi connectivity index (χ3v) is 3.04. The number of rotatable bonds is 6. The Kier molecular flexibility index (Phi) is 6.89. The molecule has 0 saturated carbocycles. The fourth-order valence-electron chi connectivity index (χ4n) is 2.01. The van der Waals surface area contributed by atoms with E-state index in [0.717, 1.165) is 12.8 Å². The van der Waals surface area contributed by atoms with Crippen molar-refractivity contribution in [1.29, 1.82) is 0 Å². The number of ether oxygens (including phenoxy) is 1. The summed E-state index contributed by atoms with van der Waals surface area (Å²) in [5, 5.41) is 5.23. The molecule has 1 aromatic carbocycles. The predicted octanol–water partition coefficient (Wildman–Crippen LogP) is 2.65. The van der Waals surface area contributed by atoms with E-state index in [9.17, 15) is 9.59 Å². The summed E-state index contributed by atoms with van der Waals surface area (Å²) in [6, 6.07) is 10.0. The standard InChI is InChI=1S/C17H26N2O3/c1-17(2,3)19-16(21)22-14(15(20)18-4)12-8-11-13-9-6-5-7-10-13/h5-7,9-10,14H,8,11-12H2,1-4H3,(H,18,20)(H,19,21)/t14-/m0/s1. The van der Waals surface area contributed by atoms with Crippen LogP contribution < -0.4 is 10.6 Å². The molecule has 1 rings (SSSR count). The van der Waals surface area contributed by atoms with Crippen molar-refractivity contribution in [1.82, 2.24) is 10.6 Å². The lowest BCUT2D eigenvalue weighted by molar-refractivity contribution is -0.129. The van der Waals surface area contributed by atoms with Gasteiger partial charge in [-0.1, -0.05) is 30.3 Å². The van der Waals surface area contributed by atoms with Crippen molar-refractivity contribution in [2.45, 2.75) is 51.7 Å². The predicted molar refractivity (Wildman–Crippen MR) is 86.6 cm³/mol. The van der Waals surface area contributed by atoms with Gasteiger partial charge >= 0.3 is 6.09 Å². The monoisotopic (exact) mass is 306 g/mol. The van der Waals surface area contributed by atoms with E-state index in [1.807, 2.05) is 51.1 Å². The Morgan fingerprint density at radius 2 is 1.82 bits per heavy atom. The molecule has 1 atom stereocenters. The van der Waals surface area contributed by atoms with Crippen LogP contribution >= 0.6 is 0 Å². The van der Waals surface area contributed by atoms with Crippen molar-refractivity contribution < 1.29 is 14.3 Å². The third kappa shape index (κ3) is 7.11. The summed E-state index contributed by atoms with van der Waals surface area (Å²) in [6.07, 6.45) is 0.771. The molecule has 22 heavy (non-hydrogen) atoms. The van der Waals surface area contributed by atoms with E-state index in [4.69, 9.17) is 4.74 Å². The minimum absolute atomic E-state index is 0.280. The summed E-state index contributed by atoms with van der Waals surface area (Å²) in [5.74, 6) is -0.280. The lowest BCUT2D eigenvalue weighted by Crippen LogP contribution is -2.45. The smallest absolute Gasteiger partial charge is 0.408 e. The molecule has 0 fully saturated rings. The topological polar surface area (TPSA) is 67.4 Å². The Balaban J connectivity index is 2.50. The molecule has 1 aromatic rings. The quantitative estimate of drug-likeness (QED) is 0.849. The Morgan fingerprint density at radius 1 is 1.18 bits per heavy atom. The Bertz CT molecular complexity index is 480. The summed E-state index contributed by atoms with van der Waals surface area (Å²) in [7, 11) is 1.54. The highest BCUT2D eigenvalue weighted by atomic mass is 16.6. The van der Waals surface area contributed by atoms with E-state index in [-0.39, 0.29) is 5.91 Å². The number of benzene rings is 1. The number of carbonyl (C=O) groups is 2. The van der Waals surface area contributed by atoms with E-state index in [1.165, 1.54) is 12.6 Å². The zero-order valence-electron chi connectivity index (χ0n) is 13.8. The molecule has 2 N–H and O–H groups in total. The van der Waals surface area contributed by atoms with E-state index in [1.54, 1.807) is 0 Å². The van der Waals surface area contributed by atoms with Gasteiger partial charge in [-0.2, -0.15) is 0 Å². The van der Waals surface area contributed by atoms with Gasteiger partial charge in [-0.05, 0) is 45.6 Å². The molecule has 0 aliphatic rings. The Labute approximate surface area is 132 Å². The SMILES string of the molecule is CNC(=O)[C@H](CCCc1ccccc1)OC(=O)NC(C)(C)C. The molecule has 5 nitrogen and oxygen atoms in total. The fourth-order valence-corrected chi connectivity index (χ4v) is 2.01. The summed E-state index contributed by atoms with van der Waals surface area (Å²) in [5.41, 5.74) is 0.811. The Hall–Kier alpha value is -2.04. The van der Waals surface area contributed by atoms with Gasteiger partial charge < -0.3 is 15.4 Å². The number of alkyl carbamates (subject to hydrolysis) is 1. The molecule has 0 saturated heterocycles. The molecule has 0 spiro atoms. The van der Waals surface area contributed by atoms with Gasteiger partial charge in [0.05, 0.1) is 0 Å². The zero-order valence-corrected chi connectivity index (χ0v) is 13.8. The van der Waals surface area contributed by atoms with Crippen molar-refractivity contribution in [3.8, 4) is 0 Å². The average Bonchev–Trinajstić information content (AvgIpc) is 2.44. The number of likely N-dealkylation sites (N-methyl/N-ethyl adjacent to an activating group) is 1. The van der Waals surface area contributed by atoms with Gasteiger partial charge in [0.15, 0.2) is 6.10 Å². The lowest BCUT2D eigenvalue weighted by Gasteiger charge is -2.23. The molecule has 0 heterocycles. The first-order chi connectivity index (χ1) is 10.3. The van der Waals surface area contributed by atoms with Crippen LogP contribution in [0.3, 0.4) is 0 Å². The number of amides is 2. The summed E-state index contributed by atoms with van der Waals surface area (Å²) in [6.45, 7) is 5.58. The lowest BCUT2D eigenvalue weighted by atomic mass is 10.1. The van der Waals surface area contributed by atoms with Crippen molar-refractivity contribution in [3.63, 3.8) is 0 Å². The van der Waals surface area contributed by atoms with E-state index < -0.39 is 17.7 Å². The fraction of sp³-hybridized carbons (Fsp3) is 0.529. The first-order valence-corrected chi connectivity index (χ1v) is 7.56. The summed E-state index contributed by atoms with van der Waals surface area (Å²) >= 11 is 0. The van der Waals surface area contributed by atoms with Crippen LogP contribution in [0.1, 0.15) is 39.2 Å². The van der Waals surface area contributed by atoms with Crippen LogP contribution in [-0.4, -0.2) is 30.7 Å². The van der Waals surface area contributed by atoms with Gasteiger partial charge in [-0.15, -0.1) is 0 Å². The van der Waals surface area contributed by atoms with Gasteiger partial charge in [0.1, 0.15) is 0 Å². The molecular formula is C17H26N2O3. The van der Waals surface area contributed by atoms with Crippen molar-refractivity contribution >= 4 is 12.0 Å². The van der Waals surface area contributed by atoms with Crippen LogP contribution in [0, 0.1) is 0 Å². The van der Waals surface area contributed by atoms with Gasteiger partial charge in [0.2, 0.25) is 0 Å². The van der Waals surface area contributed by atoms with Crippen LogP contribution in [0.15, 0.2) is 30.3 Å². The van der Waals surface area contributed by atoms with Gasteiger partial charge in [0.25, 0.3) is 5.91 Å². The molecular weight excluding hydrogens is 280 g/mol. The highest BCUT2D eigenvalue weighted by Gasteiger charge is 2.23. The molecule has 0 radical (unpaired) electrons. The molecule has 0 bridgehead atoms. The zero-order chi connectivity index (χ0) is 16.6. The van der Waals surface area contributed by atoms with Crippen molar-refractivity contribution in [2.75, 3.05) is 7.05 Å². The molecule has 2 amide bonds. The third-order valence-electron chi connectivity index (χ3n) is 3.04. The van der Waals surface area contributed by atoms with Crippen molar-refractivity contribution in [2.24, 2.45) is 0 Å². The molecule has 0 aliphatic heterocycles. The highest BCUT2D eigenvalue weighted by molar-refractivity contribution is 5.83. The molecule has 0 aliphatic carbocycles. The largest absolute Gasteiger partial charge is 0.436 e. The number of hydrogen-bond donors (Lipinski definition) is 2. The second kappa shape index (κ2) is 8.41. The summed E-state index contributed by atoms with van der Waals surface area (Å²) in [4.78, 5) is 23.6. The van der Waals surface area contributed by atoms with Gasteiger partial charge in [0, 0.05) is 12.6 Å². The van der Waals surface area contributed by atoms with Gasteiger partial charge in [-0.25, -0.2) is 4.79 Å². The average molecular weight is 306 g/mol. The second-order valence-electron chi connectivity index (χ2n) is 6.26. The number of hydrogen-bond acceptors (Lipinski definition) is 3. The molecule has 0 aromatic heterocycles. The minimum Gasteiger partial charge on any atom is -0.436 e. The van der Waals surface area contributed by atoms with Crippen LogP contribution in [0.4, 0.5) is 4.79 Å². The normalized spacial score (nSPS) is 12.4. The maximum Gasteiger partial charge on any atom is 0.408 e. The Morgan fingerprint density at radius 3 is 2.36 bits per heavy atom. The van der Waals surface area contributed by atoms with E-state index >= 15 is 0 Å². The van der Waals surface area contributed by atoms with Crippen LogP contribution in [-0.2, 0) is 16.0 Å². The van der Waals surface area contributed by atoms with Gasteiger partial charge in [-0.3, -0.25) is 4.79 Å². The number of carbonyl (C=O) groups excluding carboxylic acids is 2. The number of nitrogens with one attached hydrogen (secondary N) is 2. The van der Waals surface area contributed by atoms with Crippen LogP contribution in [0.25, 0.3) is 0 Å². The van der Waals surface area contributed by atoms with Crippen LogP contribution in [0.2, 0.25) is 0 Å². The van der Waals surface area contributed by atoms with E-state index in [2.05, 4.69) is 10.6 Å². The van der Waals surface area contributed by atoms with Crippen molar-refractivity contribution in [3.05, 3.63) is 35.9 Å². The molecule has 0 unspecified atom stereocenters. The van der Waals surface area contributed by atoms with Crippen LogP contribution in [0.5, 0.6) is 0 Å². The summed E-state index contributed by atoms with van der Waals surface area (Å²) < 4.78 is 5.26. The minimum atomic E-state index is -0.768.